The van der Waals surface area contributed by atoms with Gasteiger partial charge in [0, 0.05) is 18.7 Å². The predicted molar refractivity (Wildman–Crippen MR) is 96.5 cm³/mol. The van der Waals surface area contributed by atoms with Gasteiger partial charge < -0.3 is 14.6 Å². The quantitative estimate of drug-likeness (QED) is 0.713. The van der Waals surface area contributed by atoms with Crippen LogP contribution in [-0.4, -0.2) is 43.6 Å². The van der Waals surface area contributed by atoms with Gasteiger partial charge in [0.1, 0.15) is 0 Å². The van der Waals surface area contributed by atoms with Crippen LogP contribution in [0.5, 0.6) is 17.2 Å². The van der Waals surface area contributed by atoms with Crippen LogP contribution in [0, 0.1) is 0 Å². The Morgan fingerprint density at radius 1 is 1.07 bits per heavy atom. The van der Waals surface area contributed by atoms with Crippen LogP contribution in [0.4, 0.5) is 0 Å². The Bertz CT molecular complexity index is 1080. The highest BCUT2D eigenvalue weighted by Crippen LogP contribution is 2.39. The van der Waals surface area contributed by atoms with E-state index in [-0.39, 0.29) is 40.6 Å². The first-order chi connectivity index (χ1) is 12.8. The van der Waals surface area contributed by atoms with E-state index >= 15 is 0 Å². The Morgan fingerprint density at radius 2 is 1.67 bits per heavy atom. The van der Waals surface area contributed by atoms with Gasteiger partial charge in [0.2, 0.25) is 5.75 Å². The topological polar surface area (TPSA) is 121 Å². The lowest BCUT2D eigenvalue weighted by Crippen LogP contribution is -2.37. The Balaban J connectivity index is 2.39. The van der Waals surface area contributed by atoms with E-state index in [0.29, 0.717) is 5.56 Å². The molecule has 0 spiro atoms. The molecular formula is C17H19N5O5. The monoisotopic (exact) mass is 373 g/mol. The average Bonchev–Trinajstić information content (AvgIpc) is 2.65. The number of hydrogen-bond donors (Lipinski definition) is 1. The summed E-state index contributed by atoms with van der Waals surface area (Å²) in [6, 6.07) is 2.88. The third-order valence-electron chi connectivity index (χ3n) is 4.07. The Labute approximate surface area is 154 Å². The molecule has 1 aromatic carbocycles. The first kappa shape index (κ1) is 18.4. The second-order valence-corrected chi connectivity index (χ2v) is 6.13. The van der Waals surface area contributed by atoms with Gasteiger partial charge in [0.05, 0.1) is 14.2 Å². The molecule has 0 unspecified atom stereocenters. The SMILES string of the molecule is COc1cc(-c2nc3c(=O)n(C)c(=O)nc-3n(C(C)C)n2)cc(OC)c1O. The fourth-order valence-electron chi connectivity index (χ4n) is 2.60. The van der Waals surface area contributed by atoms with Crippen molar-refractivity contribution < 1.29 is 14.6 Å². The summed E-state index contributed by atoms with van der Waals surface area (Å²) >= 11 is 0. The van der Waals surface area contributed by atoms with Gasteiger partial charge in [0.15, 0.2) is 28.8 Å². The lowest BCUT2D eigenvalue weighted by atomic mass is 10.1. The van der Waals surface area contributed by atoms with E-state index in [0.717, 1.165) is 4.57 Å². The van der Waals surface area contributed by atoms with Crippen LogP contribution >= 0.6 is 0 Å². The number of methoxy groups -OCH3 is 2. The number of fused-ring (bicyclic) bond motifs is 1. The fraction of sp³-hybridized carbons (Fsp3) is 0.353. The van der Waals surface area contributed by atoms with E-state index in [1.54, 1.807) is 0 Å². The van der Waals surface area contributed by atoms with Gasteiger partial charge in [-0.2, -0.15) is 10.1 Å². The summed E-state index contributed by atoms with van der Waals surface area (Å²) < 4.78 is 12.7. The number of benzene rings is 1. The van der Waals surface area contributed by atoms with Gasteiger partial charge in [-0.15, -0.1) is 0 Å². The summed E-state index contributed by atoms with van der Waals surface area (Å²) in [6.45, 7) is 3.69. The van der Waals surface area contributed by atoms with E-state index < -0.39 is 11.2 Å². The maximum atomic E-state index is 12.5. The molecule has 0 amide bonds. The lowest BCUT2D eigenvalue weighted by Gasteiger charge is -2.18. The summed E-state index contributed by atoms with van der Waals surface area (Å²) in [7, 11) is 4.15. The summed E-state index contributed by atoms with van der Waals surface area (Å²) in [6.07, 6.45) is 0. The minimum atomic E-state index is -0.675. The molecule has 0 saturated carbocycles. The highest BCUT2D eigenvalue weighted by Gasteiger charge is 2.23. The largest absolute Gasteiger partial charge is 0.502 e. The smallest absolute Gasteiger partial charge is 0.352 e. The number of phenolic OH excluding ortho intramolecular Hbond substituents is 1. The van der Waals surface area contributed by atoms with Crippen molar-refractivity contribution >= 4 is 0 Å². The average molecular weight is 373 g/mol. The Hall–Kier alpha value is -3.43. The number of aromatic nitrogens is 5. The molecule has 1 N–H and O–H groups in total. The van der Waals surface area contributed by atoms with Gasteiger partial charge in [-0.1, -0.05) is 0 Å². The highest BCUT2D eigenvalue weighted by atomic mass is 16.5. The number of hydrogen-bond acceptors (Lipinski definition) is 8. The maximum Gasteiger partial charge on any atom is 0.352 e. The van der Waals surface area contributed by atoms with Crippen LogP contribution in [0.25, 0.3) is 22.9 Å². The minimum absolute atomic E-state index is 0.0156. The zero-order chi connectivity index (χ0) is 19.9. The van der Waals surface area contributed by atoms with E-state index in [9.17, 15) is 14.7 Å². The molecule has 27 heavy (non-hydrogen) atoms. The van der Waals surface area contributed by atoms with Crippen molar-refractivity contribution in [3.05, 3.63) is 33.0 Å². The second-order valence-electron chi connectivity index (χ2n) is 6.13. The van der Waals surface area contributed by atoms with Crippen LogP contribution in [0.3, 0.4) is 0 Å². The van der Waals surface area contributed by atoms with Crippen LogP contribution in [-0.2, 0) is 7.05 Å². The van der Waals surface area contributed by atoms with Crippen molar-refractivity contribution in [2.24, 2.45) is 7.05 Å². The van der Waals surface area contributed by atoms with E-state index in [2.05, 4.69) is 15.1 Å². The molecule has 2 heterocycles. The number of phenols is 1. The van der Waals surface area contributed by atoms with Gasteiger partial charge in [0.25, 0.3) is 5.56 Å². The van der Waals surface area contributed by atoms with Crippen molar-refractivity contribution in [2.75, 3.05) is 14.2 Å². The third kappa shape index (κ3) is 2.98. The molecule has 0 aromatic heterocycles. The van der Waals surface area contributed by atoms with Crippen LogP contribution in [0.2, 0.25) is 0 Å². The number of aromatic hydroxyl groups is 1. The standard InChI is InChI=1S/C17H19N5O5/c1-8(2)22-15-12(16(24)21(3)17(25)19-15)18-14(20-22)9-6-10(26-4)13(23)11(7-9)27-5/h6-8,23H,1-5H3. The fourth-order valence-corrected chi connectivity index (χ4v) is 2.60. The number of ether oxygens (including phenoxy) is 2. The summed E-state index contributed by atoms with van der Waals surface area (Å²) in [5, 5.41) is 14.5. The summed E-state index contributed by atoms with van der Waals surface area (Å²) in [4.78, 5) is 32.7. The second kappa shape index (κ2) is 6.71. The molecule has 0 bridgehead atoms. The van der Waals surface area contributed by atoms with E-state index in [1.807, 2.05) is 13.8 Å². The molecule has 0 fully saturated rings. The molecule has 10 heteroatoms. The molecule has 0 radical (unpaired) electrons. The van der Waals surface area contributed by atoms with Gasteiger partial charge in [-0.3, -0.25) is 9.36 Å². The molecule has 142 valence electrons. The summed E-state index contributed by atoms with van der Waals surface area (Å²) in [5.41, 5.74) is -0.764. The van der Waals surface area contributed by atoms with Gasteiger partial charge in [-0.25, -0.2) is 14.5 Å². The van der Waals surface area contributed by atoms with Gasteiger partial charge in [-0.05, 0) is 26.0 Å². The first-order valence-corrected chi connectivity index (χ1v) is 8.11. The molecule has 3 rings (SSSR count). The first-order valence-electron chi connectivity index (χ1n) is 8.11. The highest BCUT2D eigenvalue weighted by molar-refractivity contribution is 5.67. The van der Waals surface area contributed by atoms with Gasteiger partial charge >= 0.3 is 5.69 Å². The van der Waals surface area contributed by atoms with Crippen LogP contribution in [0.1, 0.15) is 19.9 Å². The lowest BCUT2D eigenvalue weighted by molar-refractivity contribution is 0.340. The van der Waals surface area contributed by atoms with Crippen molar-refractivity contribution in [3.8, 4) is 40.2 Å². The van der Waals surface area contributed by atoms with Crippen molar-refractivity contribution in [1.29, 1.82) is 0 Å². The molecule has 10 nitrogen and oxygen atoms in total. The minimum Gasteiger partial charge on any atom is -0.502 e. The molecule has 2 aliphatic rings. The normalized spacial score (nSPS) is 11.2. The molecule has 1 aromatic rings. The van der Waals surface area contributed by atoms with Crippen molar-refractivity contribution in [2.45, 2.75) is 19.9 Å². The Kier molecular flexibility index (Phi) is 4.56. The molecule has 2 aliphatic heterocycles. The summed E-state index contributed by atoms with van der Waals surface area (Å²) in [5.74, 6) is 0.495. The number of nitrogens with zero attached hydrogens (tertiary/aromatic N) is 5. The zero-order valence-electron chi connectivity index (χ0n) is 15.5. The predicted octanol–water partition coefficient (Wildman–Crippen LogP) is 0.807. The Morgan fingerprint density at radius 3 is 2.19 bits per heavy atom. The zero-order valence-corrected chi connectivity index (χ0v) is 15.5. The molecule has 0 saturated heterocycles. The van der Waals surface area contributed by atoms with Crippen LogP contribution < -0.4 is 20.7 Å². The molecule has 0 aliphatic carbocycles. The number of rotatable bonds is 4. The molecule has 0 atom stereocenters. The molecular weight excluding hydrogens is 354 g/mol. The van der Waals surface area contributed by atoms with Crippen molar-refractivity contribution in [3.63, 3.8) is 0 Å². The van der Waals surface area contributed by atoms with E-state index in [4.69, 9.17) is 9.47 Å². The maximum absolute atomic E-state index is 12.5. The van der Waals surface area contributed by atoms with E-state index in [1.165, 1.54) is 38.1 Å². The third-order valence-corrected chi connectivity index (χ3v) is 4.07. The van der Waals surface area contributed by atoms with Crippen molar-refractivity contribution in [1.82, 2.24) is 24.3 Å². The van der Waals surface area contributed by atoms with Crippen LogP contribution in [0.15, 0.2) is 21.7 Å².